The summed E-state index contributed by atoms with van der Waals surface area (Å²) in [5.41, 5.74) is 1.91. The summed E-state index contributed by atoms with van der Waals surface area (Å²) in [6, 6.07) is 13.3. The maximum atomic E-state index is 10.4. The summed E-state index contributed by atoms with van der Waals surface area (Å²) in [7, 11) is 1.60. The third-order valence-corrected chi connectivity index (χ3v) is 3.18. The highest BCUT2D eigenvalue weighted by atomic mass is 16.5. The van der Waals surface area contributed by atoms with Gasteiger partial charge < -0.3 is 14.2 Å². The summed E-state index contributed by atoms with van der Waals surface area (Å²) < 4.78 is 16.6. The molecule has 2 aromatic rings. The summed E-state index contributed by atoms with van der Waals surface area (Å²) in [5, 5.41) is 0. The van der Waals surface area contributed by atoms with E-state index in [1.165, 1.54) is 6.08 Å². The largest absolute Gasteiger partial charge is 0.494 e. The normalized spacial score (nSPS) is 10.5. The highest BCUT2D eigenvalue weighted by Crippen LogP contribution is 2.29. The van der Waals surface area contributed by atoms with E-state index in [1.54, 1.807) is 13.2 Å². The number of carbonyl (C=O) groups is 1. The van der Waals surface area contributed by atoms with E-state index in [0.717, 1.165) is 23.2 Å². The number of carbonyl (C=O) groups excluding carboxylic acids is 1. The Morgan fingerprint density at radius 3 is 2.43 bits per heavy atom. The second-order valence-electron chi connectivity index (χ2n) is 4.77. The number of allylic oxidation sites excluding steroid dienone is 1. The number of ether oxygens (including phenoxy) is 3. The Hall–Kier alpha value is -2.75. The van der Waals surface area contributed by atoms with E-state index in [9.17, 15) is 4.79 Å². The van der Waals surface area contributed by atoms with Crippen molar-refractivity contribution in [2.24, 2.45) is 0 Å². The van der Waals surface area contributed by atoms with Crippen molar-refractivity contribution in [1.29, 1.82) is 0 Å². The van der Waals surface area contributed by atoms with Crippen LogP contribution >= 0.6 is 0 Å². The molecule has 0 atom stereocenters. The van der Waals surface area contributed by atoms with Gasteiger partial charge in [-0.05, 0) is 48.4 Å². The maximum Gasteiger partial charge on any atom is 0.162 e. The zero-order valence-electron chi connectivity index (χ0n) is 13.3. The van der Waals surface area contributed by atoms with Crippen LogP contribution in [0.1, 0.15) is 18.1 Å². The molecular formula is C19H20O4. The molecule has 0 radical (unpaired) electrons. The van der Waals surface area contributed by atoms with Crippen LogP contribution in [-0.2, 0) is 11.4 Å². The monoisotopic (exact) mass is 312 g/mol. The lowest BCUT2D eigenvalue weighted by atomic mass is 10.2. The minimum Gasteiger partial charge on any atom is -0.494 e. The number of hydrogen-bond acceptors (Lipinski definition) is 4. The van der Waals surface area contributed by atoms with Crippen molar-refractivity contribution < 1.29 is 19.0 Å². The van der Waals surface area contributed by atoms with Crippen LogP contribution in [0, 0.1) is 0 Å². The molecular weight excluding hydrogens is 292 g/mol. The molecule has 0 saturated carbocycles. The molecule has 0 unspecified atom stereocenters. The van der Waals surface area contributed by atoms with Gasteiger partial charge in [0.1, 0.15) is 18.6 Å². The SMILES string of the molecule is CCOc1ccc(COc2cc(C=CC=O)ccc2OC)cc1. The van der Waals surface area contributed by atoms with E-state index in [4.69, 9.17) is 14.2 Å². The summed E-state index contributed by atoms with van der Waals surface area (Å²) in [5.74, 6) is 2.13. The Morgan fingerprint density at radius 2 is 1.78 bits per heavy atom. The molecule has 4 nitrogen and oxygen atoms in total. The Bertz CT molecular complexity index is 660. The molecule has 0 N–H and O–H groups in total. The van der Waals surface area contributed by atoms with E-state index in [2.05, 4.69) is 0 Å². The molecule has 120 valence electrons. The molecule has 0 spiro atoms. The Morgan fingerprint density at radius 1 is 1.00 bits per heavy atom. The third-order valence-electron chi connectivity index (χ3n) is 3.18. The predicted octanol–water partition coefficient (Wildman–Crippen LogP) is 3.89. The Labute approximate surface area is 136 Å². The van der Waals surface area contributed by atoms with Crippen molar-refractivity contribution in [3.05, 3.63) is 59.7 Å². The van der Waals surface area contributed by atoms with Crippen LogP contribution in [0.25, 0.3) is 6.08 Å². The minimum absolute atomic E-state index is 0.420. The van der Waals surface area contributed by atoms with Gasteiger partial charge in [0.25, 0.3) is 0 Å². The van der Waals surface area contributed by atoms with Crippen molar-refractivity contribution in [1.82, 2.24) is 0 Å². The van der Waals surface area contributed by atoms with Crippen molar-refractivity contribution in [2.75, 3.05) is 13.7 Å². The van der Waals surface area contributed by atoms with Gasteiger partial charge in [0.15, 0.2) is 11.5 Å². The molecule has 0 aliphatic carbocycles. The summed E-state index contributed by atoms with van der Waals surface area (Å²) in [6.07, 6.45) is 3.90. The van der Waals surface area contributed by atoms with Crippen molar-refractivity contribution >= 4 is 12.4 Å². The number of hydrogen-bond donors (Lipinski definition) is 0. The summed E-state index contributed by atoms with van der Waals surface area (Å²) >= 11 is 0. The van der Waals surface area contributed by atoms with Crippen LogP contribution in [-0.4, -0.2) is 20.0 Å². The first-order chi connectivity index (χ1) is 11.3. The average molecular weight is 312 g/mol. The van der Waals surface area contributed by atoms with Gasteiger partial charge >= 0.3 is 0 Å². The van der Waals surface area contributed by atoms with Crippen LogP contribution in [0.2, 0.25) is 0 Å². The molecule has 0 heterocycles. The molecule has 23 heavy (non-hydrogen) atoms. The van der Waals surface area contributed by atoms with Gasteiger partial charge in [-0.1, -0.05) is 24.3 Å². The lowest BCUT2D eigenvalue weighted by Gasteiger charge is -2.12. The molecule has 0 bridgehead atoms. The minimum atomic E-state index is 0.420. The standard InChI is InChI=1S/C19H20O4/c1-3-22-17-9-6-16(7-10-17)14-23-19-13-15(5-4-12-20)8-11-18(19)21-2/h4-13H,3,14H2,1-2H3. The maximum absolute atomic E-state index is 10.4. The average Bonchev–Trinajstić information content (AvgIpc) is 2.59. The predicted molar refractivity (Wildman–Crippen MR) is 90.0 cm³/mol. The lowest BCUT2D eigenvalue weighted by molar-refractivity contribution is -0.104. The van der Waals surface area contributed by atoms with Crippen molar-refractivity contribution in [2.45, 2.75) is 13.5 Å². The molecule has 4 heteroatoms. The highest BCUT2D eigenvalue weighted by molar-refractivity contribution is 5.74. The number of benzene rings is 2. The van der Waals surface area contributed by atoms with E-state index in [-0.39, 0.29) is 0 Å². The Kier molecular flexibility index (Phi) is 6.24. The molecule has 0 aliphatic heterocycles. The molecule has 0 fully saturated rings. The smallest absolute Gasteiger partial charge is 0.162 e. The van der Waals surface area contributed by atoms with Crippen LogP contribution in [0.5, 0.6) is 17.2 Å². The highest BCUT2D eigenvalue weighted by Gasteiger charge is 2.05. The van der Waals surface area contributed by atoms with Crippen LogP contribution in [0.4, 0.5) is 0 Å². The number of aldehydes is 1. The summed E-state index contributed by atoms with van der Waals surface area (Å²) in [6.45, 7) is 3.02. The zero-order valence-corrected chi connectivity index (χ0v) is 13.3. The third kappa shape index (κ3) is 4.88. The number of rotatable bonds is 8. The summed E-state index contributed by atoms with van der Waals surface area (Å²) in [4.78, 5) is 10.4. The van der Waals surface area contributed by atoms with E-state index in [1.807, 2.05) is 49.4 Å². The van der Waals surface area contributed by atoms with E-state index >= 15 is 0 Å². The fourth-order valence-corrected chi connectivity index (χ4v) is 2.07. The number of methoxy groups -OCH3 is 1. The van der Waals surface area contributed by atoms with Crippen LogP contribution in [0.15, 0.2) is 48.5 Å². The van der Waals surface area contributed by atoms with Gasteiger partial charge in [0.05, 0.1) is 13.7 Å². The van der Waals surface area contributed by atoms with Gasteiger partial charge in [0, 0.05) is 0 Å². The topological polar surface area (TPSA) is 44.8 Å². The fraction of sp³-hybridized carbons (Fsp3) is 0.211. The lowest BCUT2D eigenvalue weighted by Crippen LogP contribution is -1.98. The van der Waals surface area contributed by atoms with E-state index < -0.39 is 0 Å². The van der Waals surface area contributed by atoms with Gasteiger partial charge in [-0.2, -0.15) is 0 Å². The van der Waals surface area contributed by atoms with Crippen molar-refractivity contribution in [3.63, 3.8) is 0 Å². The van der Waals surface area contributed by atoms with Crippen molar-refractivity contribution in [3.8, 4) is 17.2 Å². The van der Waals surface area contributed by atoms with Gasteiger partial charge in [-0.25, -0.2) is 0 Å². The first-order valence-corrected chi connectivity index (χ1v) is 7.41. The van der Waals surface area contributed by atoms with E-state index in [0.29, 0.717) is 24.7 Å². The van der Waals surface area contributed by atoms with Crippen LogP contribution in [0.3, 0.4) is 0 Å². The fourth-order valence-electron chi connectivity index (χ4n) is 2.07. The Balaban J connectivity index is 2.08. The van der Waals surface area contributed by atoms with Crippen LogP contribution < -0.4 is 14.2 Å². The molecule has 2 aromatic carbocycles. The molecule has 2 rings (SSSR count). The van der Waals surface area contributed by atoms with Gasteiger partial charge in [0.2, 0.25) is 0 Å². The zero-order chi connectivity index (χ0) is 16.5. The second kappa shape index (κ2) is 8.63. The molecule has 0 aliphatic rings. The first-order valence-electron chi connectivity index (χ1n) is 7.41. The molecule has 0 aromatic heterocycles. The first kappa shape index (κ1) is 16.6. The van der Waals surface area contributed by atoms with Gasteiger partial charge in [-0.3, -0.25) is 4.79 Å². The molecule has 0 amide bonds. The second-order valence-corrected chi connectivity index (χ2v) is 4.77. The van der Waals surface area contributed by atoms with Gasteiger partial charge in [-0.15, -0.1) is 0 Å². The molecule has 0 saturated heterocycles. The quantitative estimate of drug-likeness (QED) is 0.548.